The molecule has 7 heteroatoms. The standard InChI is InChI=1S/3C5H8O2.Cu/c3*1-4(6)3-5(2)7;/h3*3H2,1-2H3;/q;;;+2. The van der Waals surface area contributed by atoms with Crippen LogP contribution in [0.4, 0.5) is 0 Å². The zero-order chi connectivity index (χ0) is 17.6. The van der Waals surface area contributed by atoms with Crippen molar-refractivity contribution in [2.24, 2.45) is 0 Å². The fraction of sp³-hybridized carbons (Fsp3) is 0.600. The van der Waals surface area contributed by atoms with Gasteiger partial charge in [-0.05, 0) is 41.5 Å². The largest absolute Gasteiger partial charge is 2.00 e. The molecule has 0 rings (SSSR count). The van der Waals surface area contributed by atoms with Gasteiger partial charge in [-0.25, -0.2) is 0 Å². The molecule has 0 saturated heterocycles. The van der Waals surface area contributed by atoms with Gasteiger partial charge < -0.3 is 0 Å². The first-order valence-corrected chi connectivity index (χ1v) is 6.35. The predicted octanol–water partition coefficient (Wildman–Crippen LogP) is 1.66. The molecule has 0 unspecified atom stereocenters. The van der Waals surface area contributed by atoms with E-state index in [4.69, 9.17) is 0 Å². The van der Waals surface area contributed by atoms with E-state index in [1.54, 1.807) is 0 Å². The smallest absolute Gasteiger partial charge is 0.300 e. The quantitative estimate of drug-likeness (QED) is 0.525. The molecular formula is C15H24CuO6+2. The first kappa shape index (κ1) is 28.7. The first-order chi connectivity index (χ1) is 9.38. The Morgan fingerprint density at radius 2 is 0.500 bits per heavy atom. The van der Waals surface area contributed by atoms with Crippen LogP contribution in [0.3, 0.4) is 0 Å². The van der Waals surface area contributed by atoms with E-state index in [2.05, 4.69) is 0 Å². The van der Waals surface area contributed by atoms with Crippen molar-refractivity contribution in [3.63, 3.8) is 0 Å². The van der Waals surface area contributed by atoms with E-state index >= 15 is 0 Å². The van der Waals surface area contributed by atoms with E-state index in [-0.39, 0.29) is 71.0 Å². The Labute approximate surface area is 141 Å². The molecule has 0 amide bonds. The fourth-order valence-corrected chi connectivity index (χ4v) is 1.05. The minimum atomic E-state index is -0.0625. The normalized spacial score (nSPS) is 7.91. The van der Waals surface area contributed by atoms with Crippen LogP contribution in [0.15, 0.2) is 0 Å². The van der Waals surface area contributed by atoms with Crippen LogP contribution in [-0.4, -0.2) is 34.7 Å². The van der Waals surface area contributed by atoms with E-state index in [0.29, 0.717) is 0 Å². The Bertz CT molecular complexity index is 314. The number of Topliss-reactive ketones (excluding diaryl/α,β-unsaturated/α-hetero) is 6. The van der Waals surface area contributed by atoms with Gasteiger partial charge in [0, 0.05) is 0 Å². The summed E-state index contributed by atoms with van der Waals surface area (Å²) >= 11 is 0. The van der Waals surface area contributed by atoms with E-state index in [1.807, 2.05) is 0 Å². The Morgan fingerprint density at radius 1 is 0.409 bits per heavy atom. The third-order valence-corrected chi connectivity index (χ3v) is 1.49. The van der Waals surface area contributed by atoms with Crippen molar-refractivity contribution < 1.29 is 45.8 Å². The molecule has 0 aliphatic rings. The average Bonchev–Trinajstić information content (AvgIpc) is 2.10. The molecule has 129 valence electrons. The average molecular weight is 364 g/mol. The fourth-order valence-electron chi connectivity index (χ4n) is 1.05. The molecule has 0 aromatic rings. The van der Waals surface area contributed by atoms with Crippen LogP contribution >= 0.6 is 0 Å². The van der Waals surface area contributed by atoms with Gasteiger partial charge in [0.1, 0.15) is 34.7 Å². The topological polar surface area (TPSA) is 102 Å². The molecule has 6 nitrogen and oxygen atoms in total. The van der Waals surface area contributed by atoms with E-state index in [0.717, 1.165) is 0 Å². The molecule has 0 fully saturated rings. The molecule has 0 bridgehead atoms. The molecule has 0 atom stereocenters. The van der Waals surface area contributed by atoms with Crippen LogP contribution in [0.25, 0.3) is 0 Å². The number of carbonyl (C=O) groups excluding carboxylic acids is 6. The maximum atomic E-state index is 10.0. The molecule has 0 aliphatic heterocycles. The second-order valence-electron chi connectivity index (χ2n) is 4.74. The summed E-state index contributed by atoms with van der Waals surface area (Å²) in [5.41, 5.74) is 0. The number of carbonyl (C=O) groups is 6. The van der Waals surface area contributed by atoms with Gasteiger partial charge >= 0.3 is 17.1 Å². The van der Waals surface area contributed by atoms with Gasteiger partial charge in [0.2, 0.25) is 0 Å². The SMILES string of the molecule is CC(=O)CC(C)=O.CC(=O)CC(C)=O.CC(=O)CC(C)=O.[Cu+2]. The van der Waals surface area contributed by atoms with Gasteiger partial charge in [-0.15, -0.1) is 0 Å². The van der Waals surface area contributed by atoms with E-state index in [9.17, 15) is 28.8 Å². The van der Waals surface area contributed by atoms with Gasteiger partial charge in [0.25, 0.3) is 0 Å². The van der Waals surface area contributed by atoms with Crippen LogP contribution in [0, 0.1) is 0 Å². The monoisotopic (exact) mass is 363 g/mol. The minimum Gasteiger partial charge on any atom is -0.300 e. The van der Waals surface area contributed by atoms with Crippen molar-refractivity contribution in [1.29, 1.82) is 0 Å². The van der Waals surface area contributed by atoms with Crippen molar-refractivity contribution >= 4 is 34.7 Å². The van der Waals surface area contributed by atoms with Crippen molar-refractivity contribution in [3.05, 3.63) is 0 Å². The Morgan fingerprint density at radius 3 is 0.500 bits per heavy atom. The second-order valence-corrected chi connectivity index (χ2v) is 4.74. The molecule has 1 radical (unpaired) electrons. The van der Waals surface area contributed by atoms with Crippen LogP contribution < -0.4 is 0 Å². The summed E-state index contributed by atoms with van der Waals surface area (Å²) in [6, 6.07) is 0. The summed E-state index contributed by atoms with van der Waals surface area (Å²) < 4.78 is 0. The molecule has 0 aromatic heterocycles. The molecule has 0 spiro atoms. The third-order valence-electron chi connectivity index (χ3n) is 1.49. The summed E-state index contributed by atoms with van der Waals surface area (Å²) in [5.74, 6) is -0.375. The van der Waals surface area contributed by atoms with Crippen molar-refractivity contribution in [1.82, 2.24) is 0 Å². The predicted molar refractivity (Wildman–Crippen MR) is 77.9 cm³/mol. The minimum absolute atomic E-state index is 0. The number of hydrogen-bond acceptors (Lipinski definition) is 6. The molecule has 22 heavy (non-hydrogen) atoms. The summed E-state index contributed by atoms with van der Waals surface area (Å²) in [4.78, 5) is 60.2. The van der Waals surface area contributed by atoms with Gasteiger partial charge in [-0.2, -0.15) is 0 Å². The molecule has 0 N–H and O–H groups in total. The summed E-state index contributed by atoms with van der Waals surface area (Å²) in [6.45, 7) is 8.42. The molecule has 0 saturated carbocycles. The molecule has 0 aliphatic carbocycles. The second kappa shape index (κ2) is 17.6. The summed E-state index contributed by atoms with van der Waals surface area (Å²) in [6.07, 6.45) is 0.250. The van der Waals surface area contributed by atoms with Gasteiger partial charge in [-0.1, -0.05) is 0 Å². The van der Waals surface area contributed by atoms with Crippen LogP contribution in [-0.2, 0) is 45.8 Å². The van der Waals surface area contributed by atoms with Crippen LogP contribution in [0.2, 0.25) is 0 Å². The molecular weight excluding hydrogens is 340 g/mol. The maximum absolute atomic E-state index is 10.0. The first-order valence-electron chi connectivity index (χ1n) is 6.35. The third kappa shape index (κ3) is 51.3. The van der Waals surface area contributed by atoms with Gasteiger partial charge in [-0.3, -0.25) is 28.8 Å². The van der Waals surface area contributed by atoms with Crippen molar-refractivity contribution in [2.45, 2.75) is 60.8 Å². The van der Waals surface area contributed by atoms with Crippen LogP contribution in [0.1, 0.15) is 60.8 Å². The Hall–Kier alpha value is -1.46. The zero-order valence-electron chi connectivity index (χ0n) is 13.9. The number of rotatable bonds is 6. The van der Waals surface area contributed by atoms with Gasteiger partial charge in [0.15, 0.2) is 0 Å². The van der Waals surface area contributed by atoms with Crippen molar-refractivity contribution in [2.75, 3.05) is 0 Å². The van der Waals surface area contributed by atoms with E-state index in [1.165, 1.54) is 41.5 Å². The Kier molecular flexibility index (Phi) is 22.9. The summed E-state index contributed by atoms with van der Waals surface area (Å²) in [5, 5.41) is 0. The Balaban J connectivity index is -0.000000108. The number of ketones is 6. The summed E-state index contributed by atoms with van der Waals surface area (Å²) in [7, 11) is 0. The molecule has 0 aromatic carbocycles. The maximum Gasteiger partial charge on any atom is 2.00 e. The van der Waals surface area contributed by atoms with Crippen LogP contribution in [0.5, 0.6) is 0 Å². The van der Waals surface area contributed by atoms with E-state index < -0.39 is 0 Å². The zero-order valence-corrected chi connectivity index (χ0v) is 14.8. The van der Waals surface area contributed by atoms with Crippen molar-refractivity contribution in [3.8, 4) is 0 Å². The van der Waals surface area contributed by atoms with Gasteiger partial charge in [0.05, 0.1) is 19.3 Å². The number of hydrogen-bond donors (Lipinski definition) is 0. The molecule has 0 heterocycles.